The van der Waals surface area contributed by atoms with Gasteiger partial charge in [-0.1, -0.05) is 6.07 Å². The zero-order chi connectivity index (χ0) is 19.3. The monoisotopic (exact) mass is 373 g/mol. The number of carbonyl (C=O) groups excluding carboxylic acids is 2. The summed E-state index contributed by atoms with van der Waals surface area (Å²) in [5.41, 5.74) is 1.36. The number of benzene rings is 2. The van der Waals surface area contributed by atoms with Crippen LogP contribution in [0.25, 0.3) is 0 Å². The van der Waals surface area contributed by atoms with Crippen LogP contribution < -0.4 is 10.6 Å². The first-order valence-electron chi connectivity index (χ1n) is 7.37. The summed E-state index contributed by atoms with van der Waals surface area (Å²) in [5.74, 6) is -1.04. The number of nitro benzene ring substituents is 1. The number of methoxy groups -OCH3 is 1. The Kier molecular flexibility index (Phi) is 5.97. The van der Waals surface area contributed by atoms with Crippen LogP contribution in [0.4, 0.5) is 11.4 Å². The Morgan fingerprint density at radius 2 is 1.73 bits per heavy atom. The lowest BCUT2D eigenvalue weighted by Gasteiger charge is -2.10. The zero-order valence-electron chi connectivity index (χ0n) is 13.9. The molecule has 2 rings (SSSR count). The molecule has 0 heterocycles. The van der Waals surface area contributed by atoms with Crippen molar-refractivity contribution in [1.29, 1.82) is 0 Å². The molecule has 2 aromatic carbocycles. The van der Waals surface area contributed by atoms with E-state index in [1.165, 1.54) is 25.3 Å². The SMILES string of the molecule is COC(=O)c1ccc(NC(=S)NC(=O)c2ccc(C)c([N+](=O)[O-])c2)cc1. The summed E-state index contributed by atoms with van der Waals surface area (Å²) in [7, 11) is 1.29. The predicted molar refractivity (Wildman–Crippen MR) is 99.3 cm³/mol. The number of aryl methyl sites for hydroxylation is 1. The smallest absolute Gasteiger partial charge is 0.337 e. The van der Waals surface area contributed by atoms with E-state index in [-0.39, 0.29) is 16.4 Å². The molecule has 0 aliphatic carbocycles. The van der Waals surface area contributed by atoms with E-state index in [1.54, 1.807) is 31.2 Å². The number of amides is 1. The molecule has 0 aromatic heterocycles. The maximum absolute atomic E-state index is 12.2. The molecule has 26 heavy (non-hydrogen) atoms. The van der Waals surface area contributed by atoms with Gasteiger partial charge in [-0.3, -0.25) is 20.2 Å². The largest absolute Gasteiger partial charge is 0.465 e. The van der Waals surface area contributed by atoms with Crippen molar-refractivity contribution < 1.29 is 19.2 Å². The summed E-state index contributed by atoms with van der Waals surface area (Å²) in [4.78, 5) is 34.0. The summed E-state index contributed by atoms with van der Waals surface area (Å²) in [6.45, 7) is 1.59. The van der Waals surface area contributed by atoms with Crippen molar-refractivity contribution >= 4 is 40.6 Å². The molecule has 2 aromatic rings. The van der Waals surface area contributed by atoms with Gasteiger partial charge < -0.3 is 10.1 Å². The second-order valence-corrected chi connectivity index (χ2v) is 5.64. The quantitative estimate of drug-likeness (QED) is 0.367. The molecule has 0 unspecified atom stereocenters. The number of hydrogen-bond acceptors (Lipinski definition) is 6. The molecule has 0 radical (unpaired) electrons. The number of ether oxygens (including phenoxy) is 1. The average molecular weight is 373 g/mol. The molecule has 0 fully saturated rings. The van der Waals surface area contributed by atoms with Crippen LogP contribution in [0.3, 0.4) is 0 Å². The van der Waals surface area contributed by atoms with E-state index in [0.717, 1.165) is 0 Å². The van der Waals surface area contributed by atoms with Crippen molar-refractivity contribution in [1.82, 2.24) is 5.32 Å². The Morgan fingerprint density at radius 1 is 1.12 bits per heavy atom. The second kappa shape index (κ2) is 8.17. The number of thiocarbonyl (C=S) groups is 1. The molecule has 0 saturated carbocycles. The number of nitrogens with zero attached hydrogens (tertiary/aromatic N) is 1. The number of rotatable bonds is 4. The molecule has 0 atom stereocenters. The average Bonchev–Trinajstić information content (AvgIpc) is 2.61. The van der Waals surface area contributed by atoms with Gasteiger partial charge in [0.15, 0.2) is 5.11 Å². The molecule has 0 aliphatic heterocycles. The first-order chi connectivity index (χ1) is 12.3. The maximum atomic E-state index is 12.2. The van der Waals surface area contributed by atoms with Gasteiger partial charge >= 0.3 is 5.97 Å². The lowest BCUT2D eigenvalue weighted by atomic mass is 10.1. The molecule has 2 N–H and O–H groups in total. The van der Waals surface area contributed by atoms with Crippen molar-refractivity contribution in [2.24, 2.45) is 0 Å². The number of nitro groups is 1. The fraction of sp³-hybridized carbons (Fsp3) is 0.118. The van der Waals surface area contributed by atoms with E-state index in [2.05, 4.69) is 15.4 Å². The standard InChI is InChI=1S/C17H15N3O5S/c1-10-3-4-12(9-14(10)20(23)24)15(21)19-17(26)18-13-7-5-11(6-8-13)16(22)25-2/h3-9H,1-2H3,(H2,18,19,21,26). The van der Waals surface area contributed by atoms with Crippen molar-refractivity contribution in [3.05, 3.63) is 69.3 Å². The molecule has 0 aliphatic rings. The number of anilines is 1. The lowest BCUT2D eigenvalue weighted by Crippen LogP contribution is -2.34. The summed E-state index contributed by atoms with van der Waals surface area (Å²) < 4.78 is 4.60. The van der Waals surface area contributed by atoms with E-state index in [1.807, 2.05) is 0 Å². The van der Waals surface area contributed by atoms with Crippen molar-refractivity contribution in [3.8, 4) is 0 Å². The van der Waals surface area contributed by atoms with Crippen molar-refractivity contribution in [3.63, 3.8) is 0 Å². The summed E-state index contributed by atoms with van der Waals surface area (Å²) in [6, 6.07) is 10.5. The molecular weight excluding hydrogens is 358 g/mol. The third kappa shape index (κ3) is 4.61. The Morgan fingerprint density at radius 3 is 2.31 bits per heavy atom. The van der Waals surface area contributed by atoms with Crippen LogP contribution in [0.15, 0.2) is 42.5 Å². The first-order valence-corrected chi connectivity index (χ1v) is 7.78. The maximum Gasteiger partial charge on any atom is 0.337 e. The van der Waals surface area contributed by atoms with Gasteiger partial charge in [-0.2, -0.15) is 0 Å². The van der Waals surface area contributed by atoms with Gasteiger partial charge in [0.1, 0.15) is 0 Å². The molecule has 8 nitrogen and oxygen atoms in total. The minimum atomic E-state index is -0.572. The third-order valence-corrected chi connectivity index (χ3v) is 3.66. The topological polar surface area (TPSA) is 111 Å². The fourth-order valence-corrected chi connectivity index (χ4v) is 2.30. The summed E-state index contributed by atoms with van der Waals surface area (Å²) in [5, 5.41) is 16.2. The number of nitrogens with one attached hydrogen (secondary N) is 2. The summed E-state index contributed by atoms with van der Waals surface area (Å²) >= 11 is 5.06. The van der Waals surface area contributed by atoms with Crippen LogP contribution in [0.1, 0.15) is 26.3 Å². The van der Waals surface area contributed by atoms with Crippen LogP contribution in [-0.2, 0) is 4.74 Å². The number of carbonyl (C=O) groups is 2. The summed E-state index contributed by atoms with van der Waals surface area (Å²) in [6.07, 6.45) is 0. The fourth-order valence-electron chi connectivity index (χ4n) is 2.09. The van der Waals surface area contributed by atoms with Crippen LogP contribution in [0, 0.1) is 17.0 Å². The normalized spacial score (nSPS) is 9.92. The minimum absolute atomic E-state index is 0.0176. The van der Waals surface area contributed by atoms with E-state index in [0.29, 0.717) is 16.8 Å². The molecule has 0 spiro atoms. The minimum Gasteiger partial charge on any atom is -0.465 e. The Labute approximate surface area is 154 Å². The molecule has 134 valence electrons. The van der Waals surface area contributed by atoms with Gasteiger partial charge in [0.2, 0.25) is 0 Å². The van der Waals surface area contributed by atoms with Gasteiger partial charge in [-0.15, -0.1) is 0 Å². The Balaban J connectivity index is 2.03. The predicted octanol–water partition coefficient (Wildman–Crippen LogP) is 2.82. The molecule has 0 saturated heterocycles. The highest BCUT2D eigenvalue weighted by Gasteiger charge is 2.15. The highest BCUT2D eigenvalue weighted by molar-refractivity contribution is 7.80. The van der Waals surface area contributed by atoms with E-state index < -0.39 is 16.8 Å². The van der Waals surface area contributed by atoms with E-state index in [4.69, 9.17) is 12.2 Å². The molecule has 9 heteroatoms. The van der Waals surface area contributed by atoms with Gasteiger partial charge in [0, 0.05) is 22.9 Å². The first kappa shape index (κ1) is 19.0. The highest BCUT2D eigenvalue weighted by atomic mass is 32.1. The Hall–Kier alpha value is -3.33. The highest BCUT2D eigenvalue weighted by Crippen LogP contribution is 2.19. The van der Waals surface area contributed by atoms with Crippen LogP contribution in [-0.4, -0.2) is 29.0 Å². The van der Waals surface area contributed by atoms with Crippen LogP contribution >= 0.6 is 12.2 Å². The molecular formula is C17H15N3O5S. The Bertz CT molecular complexity index is 880. The third-order valence-electron chi connectivity index (χ3n) is 3.46. The van der Waals surface area contributed by atoms with Gasteiger partial charge in [0.05, 0.1) is 17.6 Å². The number of esters is 1. The van der Waals surface area contributed by atoms with Crippen LogP contribution in [0.2, 0.25) is 0 Å². The van der Waals surface area contributed by atoms with E-state index >= 15 is 0 Å². The molecule has 1 amide bonds. The second-order valence-electron chi connectivity index (χ2n) is 5.24. The van der Waals surface area contributed by atoms with Gasteiger partial charge in [-0.05, 0) is 49.5 Å². The van der Waals surface area contributed by atoms with Gasteiger partial charge in [0.25, 0.3) is 11.6 Å². The zero-order valence-corrected chi connectivity index (χ0v) is 14.8. The van der Waals surface area contributed by atoms with Crippen molar-refractivity contribution in [2.45, 2.75) is 6.92 Å². The van der Waals surface area contributed by atoms with Crippen molar-refractivity contribution in [2.75, 3.05) is 12.4 Å². The van der Waals surface area contributed by atoms with Gasteiger partial charge in [-0.25, -0.2) is 4.79 Å². The number of hydrogen-bond donors (Lipinski definition) is 2. The lowest BCUT2D eigenvalue weighted by molar-refractivity contribution is -0.385. The molecule has 0 bridgehead atoms. The van der Waals surface area contributed by atoms with E-state index in [9.17, 15) is 19.7 Å². The van der Waals surface area contributed by atoms with Crippen LogP contribution in [0.5, 0.6) is 0 Å².